The molecule has 0 saturated carbocycles. The van der Waals surface area contributed by atoms with Gasteiger partial charge in [-0.05, 0) is 42.0 Å². The van der Waals surface area contributed by atoms with Crippen LogP contribution in [0.25, 0.3) is 0 Å². The van der Waals surface area contributed by atoms with Crippen LogP contribution < -0.4 is 19.1 Å². The molecule has 2 aromatic rings. The third kappa shape index (κ3) is 2.74. The number of fused-ring (bicyclic) bond motifs is 1. The lowest BCUT2D eigenvalue weighted by atomic mass is 10.1. The molecule has 0 spiro atoms. The van der Waals surface area contributed by atoms with Gasteiger partial charge in [0.2, 0.25) is 5.91 Å². The molecule has 0 aliphatic carbocycles. The maximum atomic E-state index is 13.0. The maximum absolute atomic E-state index is 13.0. The summed E-state index contributed by atoms with van der Waals surface area (Å²) in [7, 11) is 1.61. The van der Waals surface area contributed by atoms with Gasteiger partial charge in [0.25, 0.3) is 0 Å². The molecule has 0 N–H and O–H groups in total. The second kappa shape index (κ2) is 6.22. The van der Waals surface area contributed by atoms with Crippen LogP contribution in [0, 0.1) is 0 Å². The summed E-state index contributed by atoms with van der Waals surface area (Å²) >= 11 is 1.43. The van der Waals surface area contributed by atoms with Crippen molar-refractivity contribution in [2.75, 3.05) is 12.0 Å². The monoisotopic (exact) mass is 353 g/mol. The summed E-state index contributed by atoms with van der Waals surface area (Å²) in [6, 6.07) is 12.9. The van der Waals surface area contributed by atoms with Crippen molar-refractivity contribution in [3.05, 3.63) is 72.2 Å². The molecule has 126 valence electrons. The quantitative estimate of drug-likeness (QED) is 0.826. The molecule has 2 heterocycles. The summed E-state index contributed by atoms with van der Waals surface area (Å²) in [6.07, 6.45) is 2.95. The van der Waals surface area contributed by atoms with Crippen molar-refractivity contribution in [3.63, 3.8) is 0 Å². The Labute approximate surface area is 149 Å². The van der Waals surface area contributed by atoms with Crippen LogP contribution in [0.15, 0.2) is 66.6 Å². The summed E-state index contributed by atoms with van der Waals surface area (Å²) in [4.78, 5) is 14.6. The van der Waals surface area contributed by atoms with Crippen LogP contribution in [0.1, 0.15) is 10.8 Å². The number of hydrogen-bond donors (Lipinski definition) is 0. The van der Waals surface area contributed by atoms with Crippen molar-refractivity contribution in [2.45, 2.75) is 5.25 Å². The molecule has 4 rings (SSSR count). The molecule has 0 aromatic heterocycles. The van der Waals surface area contributed by atoms with Gasteiger partial charge in [0.15, 0.2) is 11.5 Å². The fourth-order valence-electron chi connectivity index (χ4n) is 2.77. The van der Waals surface area contributed by atoms with Crippen LogP contribution >= 0.6 is 11.8 Å². The van der Waals surface area contributed by atoms with Crippen LogP contribution in [-0.4, -0.2) is 13.0 Å². The molecule has 2 aliphatic rings. The number of amides is 1. The smallest absolute Gasteiger partial charge is 0.249 e. The van der Waals surface area contributed by atoms with E-state index in [2.05, 4.69) is 6.58 Å². The van der Waals surface area contributed by atoms with Crippen LogP contribution in [0.3, 0.4) is 0 Å². The van der Waals surface area contributed by atoms with E-state index in [0.717, 1.165) is 17.0 Å². The van der Waals surface area contributed by atoms with Gasteiger partial charge in [-0.1, -0.05) is 24.4 Å². The van der Waals surface area contributed by atoms with E-state index in [-0.39, 0.29) is 11.2 Å². The Bertz CT molecular complexity index is 875. The summed E-state index contributed by atoms with van der Waals surface area (Å²) in [5, 5.41) is 0.323. The largest absolute Gasteiger partial charge is 0.497 e. The number of rotatable bonds is 3. The highest BCUT2D eigenvalue weighted by atomic mass is 32.2. The highest BCUT2D eigenvalue weighted by Gasteiger charge is 2.38. The molecule has 0 bridgehead atoms. The Hall–Kier alpha value is -2.86. The average molecular weight is 353 g/mol. The van der Waals surface area contributed by atoms with Crippen LogP contribution in [0.2, 0.25) is 0 Å². The van der Waals surface area contributed by atoms with Crippen LogP contribution in [-0.2, 0) is 4.79 Å². The zero-order chi connectivity index (χ0) is 17.4. The molecular weight excluding hydrogens is 338 g/mol. The van der Waals surface area contributed by atoms with Gasteiger partial charge in [0.05, 0.1) is 12.1 Å². The fraction of sp³-hybridized carbons (Fsp3) is 0.105. The van der Waals surface area contributed by atoms with Crippen molar-refractivity contribution in [2.24, 2.45) is 0 Å². The van der Waals surface area contributed by atoms with Gasteiger partial charge in [-0.15, -0.1) is 0 Å². The minimum atomic E-state index is -0.366. The molecule has 1 saturated heterocycles. The summed E-state index contributed by atoms with van der Waals surface area (Å²) in [6.45, 7) is 4.04. The number of thioether (sulfide) groups is 1. The number of methoxy groups -OCH3 is 1. The predicted octanol–water partition coefficient (Wildman–Crippen LogP) is 4.23. The topological polar surface area (TPSA) is 48.0 Å². The van der Waals surface area contributed by atoms with E-state index in [9.17, 15) is 4.79 Å². The maximum Gasteiger partial charge on any atom is 0.249 e. The molecular formula is C19H15NO4S. The van der Waals surface area contributed by atoms with Gasteiger partial charge in [0, 0.05) is 5.69 Å². The minimum Gasteiger partial charge on any atom is -0.497 e. The zero-order valence-corrected chi connectivity index (χ0v) is 14.3. The minimum absolute atomic E-state index is 0.0348. The van der Waals surface area contributed by atoms with E-state index in [0.29, 0.717) is 16.5 Å². The van der Waals surface area contributed by atoms with Gasteiger partial charge in [0.1, 0.15) is 23.5 Å². The van der Waals surface area contributed by atoms with E-state index in [1.54, 1.807) is 18.1 Å². The number of nitrogens with zero attached hydrogens (tertiary/aromatic N) is 1. The van der Waals surface area contributed by atoms with Gasteiger partial charge in [-0.2, -0.15) is 0 Å². The van der Waals surface area contributed by atoms with Crippen molar-refractivity contribution in [1.82, 2.24) is 0 Å². The molecule has 1 fully saturated rings. The first-order valence-electron chi connectivity index (χ1n) is 7.63. The zero-order valence-electron chi connectivity index (χ0n) is 13.5. The third-order valence-corrected chi connectivity index (χ3v) is 5.16. The van der Waals surface area contributed by atoms with E-state index < -0.39 is 0 Å². The van der Waals surface area contributed by atoms with Crippen molar-refractivity contribution < 1.29 is 19.0 Å². The second-order valence-electron chi connectivity index (χ2n) is 5.48. The lowest BCUT2D eigenvalue weighted by molar-refractivity contribution is -0.117. The Morgan fingerprint density at radius 2 is 1.80 bits per heavy atom. The first-order valence-corrected chi connectivity index (χ1v) is 8.51. The Kier molecular flexibility index (Phi) is 3.89. The Morgan fingerprint density at radius 1 is 1.08 bits per heavy atom. The van der Waals surface area contributed by atoms with E-state index in [4.69, 9.17) is 14.2 Å². The standard InChI is InChI=1S/C19H15NO4S/c1-12-20(14-4-6-15(22-2)7-5-14)19(21)18(25-12)13-3-8-16-17(11-13)24-10-9-23-16/h3-11,18H,1H2,2H3. The van der Waals surface area contributed by atoms with Crippen molar-refractivity contribution in [1.29, 1.82) is 0 Å². The summed E-state index contributed by atoms with van der Waals surface area (Å²) in [5.74, 6) is 1.94. The van der Waals surface area contributed by atoms with Gasteiger partial charge < -0.3 is 14.2 Å². The number of ether oxygens (including phenoxy) is 3. The molecule has 6 heteroatoms. The first kappa shape index (κ1) is 15.7. The number of benzene rings is 2. The average Bonchev–Trinajstić information content (AvgIpc) is 2.96. The molecule has 1 unspecified atom stereocenters. The fourth-order valence-corrected chi connectivity index (χ4v) is 3.83. The molecule has 2 aliphatic heterocycles. The van der Waals surface area contributed by atoms with Gasteiger partial charge >= 0.3 is 0 Å². The molecule has 1 atom stereocenters. The Morgan fingerprint density at radius 3 is 2.52 bits per heavy atom. The first-order chi connectivity index (χ1) is 12.2. The highest BCUT2D eigenvalue weighted by molar-refractivity contribution is 8.04. The number of carbonyl (C=O) groups excluding carboxylic acids is 1. The number of anilines is 1. The SMILES string of the molecule is C=C1SC(c2ccc3c(c2)OC=CO3)C(=O)N1c1ccc(OC)cc1. The third-order valence-electron chi connectivity index (χ3n) is 3.99. The number of hydrogen-bond acceptors (Lipinski definition) is 5. The second-order valence-corrected chi connectivity index (χ2v) is 6.66. The summed E-state index contributed by atoms with van der Waals surface area (Å²) in [5.41, 5.74) is 1.62. The molecule has 5 nitrogen and oxygen atoms in total. The van der Waals surface area contributed by atoms with E-state index >= 15 is 0 Å². The lowest BCUT2D eigenvalue weighted by Crippen LogP contribution is -2.25. The van der Waals surface area contributed by atoms with Crippen LogP contribution in [0.4, 0.5) is 5.69 Å². The molecule has 0 radical (unpaired) electrons. The predicted molar refractivity (Wildman–Crippen MR) is 96.8 cm³/mol. The van der Waals surface area contributed by atoms with E-state index in [1.165, 1.54) is 24.3 Å². The molecule has 2 aromatic carbocycles. The molecule has 25 heavy (non-hydrogen) atoms. The normalized spacial score (nSPS) is 18.6. The lowest BCUT2D eigenvalue weighted by Gasteiger charge is -2.17. The Balaban J connectivity index is 1.62. The van der Waals surface area contributed by atoms with Gasteiger partial charge in [-0.3, -0.25) is 9.69 Å². The number of carbonyl (C=O) groups is 1. The summed E-state index contributed by atoms with van der Waals surface area (Å²) < 4.78 is 16.0. The van der Waals surface area contributed by atoms with Crippen LogP contribution in [0.5, 0.6) is 17.2 Å². The van der Waals surface area contributed by atoms with Gasteiger partial charge in [-0.25, -0.2) is 0 Å². The van der Waals surface area contributed by atoms with E-state index in [1.807, 2.05) is 36.4 Å². The highest BCUT2D eigenvalue weighted by Crippen LogP contribution is 2.48. The molecule has 1 amide bonds. The van der Waals surface area contributed by atoms with Crippen molar-refractivity contribution >= 4 is 23.4 Å². The van der Waals surface area contributed by atoms with Crippen molar-refractivity contribution in [3.8, 4) is 17.2 Å².